The number of hydrogen-bond donors (Lipinski definition) is 0. The molecule has 140 valence electrons. The molecule has 2 heteroatoms. The second-order valence-electron chi connectivity index (χ2n) is 7.97. The molecule has 0 amide bonds. The summed E-state index contributed by atoms with van der Waals surface area (Å²) in [7, 11) is 0. The minimum atomic E-state index is 0.891. The first-order chi connectivity index (χ1) is 12.8. The van der Waals surface area contributed by atoms with Crippen LogP contribution in [0.15, 0.2) is 36.8 Å². The van der Waals surface area contributed by atoms with Gasteiger partial charge in [0, 0.05) is 11.8 Å². The smallest absolute Gasteiger partial charge is 0.116 e. The van der Waals surface area contributed by atoms with Crippen molar-refractivity contribution >= 4 is 0 Å². The fraction of sp³-hybridized carbons (Fsp3) is 0.583. The molecule has 1 heterocycles. The van der Waals surface area contributed by atoms with E-state index in [0.717, 1.165) is 30.4 Å². The van der Waals surface area contributed by atoms with E-state index in [1.165, 1.54) is 68.1 Å². The summed E-state index contributed by atoms with van der Waals surface area (Å²) in [6.07, 6.45) is 17.1. The predicted molar refractivity (Wildman–Crippen MR) is 110 cm³/mol. The van der Waals surface area contributed by atoms with Gasteiger partial charge in [0.1, 0.15) is 6.33 Å². The molecule has 1 aliphatic rings. The van der Waals surface area contributed by atoms with Crippen LogP contribution in [0.25, 0.3) is 11.3 Å². The predicted octanol–water partition coefficient (Wildman–Crippen LogP) is 6.64. The highest BCUT2D eigenvalue weighted by Gasteiger charge is 2.21. The summed E-state index contributed by atoms with van der Waals surface area (Å²) in [5.41, 5.74) is 5.13. The summed E-state index contributed by atoms with van der Waals surface area (Å²) in [4.78, 5) is 8.98. The standard InChI is InChI=1S/C24H34N2/c1-3-5-8-19-11-13-20(14-12-19)15-16-22-17-25-18-26-24(22)23-10-7-6-9-21(23)4-2/h6-7,9-10,17-20H,3-5,8,11-16H2,1-2H3. The topological polar surface area (TPSA) is 25.8 Å². The summed E-state index contributed by atoms with van der Waals surface area (Å²) >= 11 is 0. The van der Waals surface area contributed by atoms with E-state index in [4.69, 9.17) is 0 Å². The van der Waals surface area contributed by atoms with Crippen molar-refractivity contribution in [3.05, 3.63) is 47.9 Å². The molecule has 0 bridgehead atoms. The molecule has 2 aromatic rings. The minimum Gasteiger partial charge on any atom is -0.244 e. The lowest BCUT2D eigenvalue weighted by molar-refractivity contribution is 0.250. The van der Waals surface area contributed by atoms with Crippen molar-refractivity contribution in [2.24, 2.45) is 11.8 Å². The van der Waals surface area contributed by atoms with Crippen LogP contribution in [-0.4, -0.2) is 9.97 Å². The second kappa shape index (κ2) is 9.85. The summed E-state index contributed by atoms with van der Waals surface area (Å²) < 4.78 is 0. The molecule has 1 aromatic carbocycles. The lowest BCUT2D eigenvalue weighted by Gasteiger charge is -2.28. The third kappa shape index (κ3) is 4.93. The van der Waals surface area contributed by atoms with Gasteiger partial charge < -0.3 is 0 Å². The Morgan fingerprint density at radius 3 is 2.38 bits per heavy atom. The van der Waals surface area contributed by atoms with E-state index in [9.17, 15) is 0 Å². The van der Waals surface area contributed by atoms with Crippen molar-refractivity contribution in [1.29, 1.82) is 0 Å². The Labute approximate surface area is 159 Å². The summed E-state index contributed by atoms with van der Waals surface area (Å²) in [5.74, 6) is 1.89. The highest BCUT2D eigenvalue weighted by molar-refractivity contribution is 5.66. The Morgan fingerprint density at radius 1 is 0.923 bits per heavy atom. The van der Waals surface area contributed by atoms with Crippen molar-refractivity contribution in [2.45, 2.75) is 78.1 Å². The van der Waals surface area contributed by atoms with Crippen LogP contribution in [0.2, 0.25) is 0 Å². The van der Waals surface area contributed by atoms with Gasteiger partial charge in [0.05, 0.1) is 5.69 Å². The van der Waals surface area contributed by atoms with Gasteiger partial charge in [-0.15, -0.1) is 0 Å². The van der Waals surface area contributed by atoms with Gasteiger partial charge in [-0.2, -0.15) is 0 Å². The third-order valence-electron chi connectivity index (χ3n) is 6.20. The molecule has 0 saturated heterocycles. The van der Waals surface area contributed by atoms with Gasteiger partial charge in [0.15, 0.2) is 0 Å². The maximum Gasteiger partial charge on any atom is 0.116 e. The van der Waals surface area contributed by atoms with E-state index in [0.29, 0.717) is 0 Å². The molecule has 0 aliphatic heterocycles. The van der Waals surface area contributed by atoms with E-state index < -0.39 is 0 Å². The van der Waals surface area contributed by atoms with Crippen molar-refractivity contribution < 1.29 is 0 Å². The van der Waals surface area contributed by atoms with E-state index in [1.807, 2.05) is 6.20 Å². The van der Waals surface area contributed by atoms with Gasteiger partial charge in [-0.1, -0.05) is 83.1 Å². The Bertz CT molecular complexity index is 671. The highest BCUT2D eigenvalue weighted by atomic mass is 14.8. The van der Waals surface area contributed by atoms with Crippen molar-refractivity contribution in [1.82, 2.24) is 9.97 Å². The maximum absolute atomic E-state index is 4.66. The van der Waals surface area contributed by atoms with Crippen molar-refractivity contribution in [2.75, 3.05) is 0 Å². The Kier molecular flexibility index (Phi) is 7.22. The van der Waals surface area contributed by atoms with E-state index in [2.05, 4.69) is 48.1 Å². The lowest BCUT2D eigenvalue weighted by atomic mass is 9.77. The third-order valence-corrected chi connectivity index (χ3v) is 6.20. The van der Waals surface area contributed by atoms with Gasteiger partial charge in [-0.3, -0.25) is 0 Å². The quantitative estimate of drug-likeness (QED) is 0.533. The van der Waals surface area contributed by atoms with Crippen LogP contribution in [0.4, 0.5) is 0 Å². The molecule has 1 aliphatic carbocycles. The van der Waals surface area contributed by atoms with Gasteiger partial charge in [0.2, 0.25) is 0 Å². The maximum atomic E-state index is 4.66. The summed E-state index contributed by atoms with van der Waals surface area (Å²) in [6.45, 7) is 4.53. The zero-order chi connectivity index (χ0) is 18.2. The minimum absolute atomic E-state index is 0.891. The van der Waals surface area contributed by atoms with Gasteiger partial charge in [-0.05, 0) is 42.2 Å². The number of aromatic nitrogens is 2. The molecule has 1 fully saturated rings. The van der Waals surface area contributed by atoms with E-state index in [1.54, 1.807) is 6.33 Å². The van der Waals surface area contributed by atoms with E-state index >= 15 is 0 Å². The fourth-order valence-electron chi connectivity index (χ4n) is 4.50. The van der Waals surface area contributed by atoms with Crippen LogP contribution in [0, 0.1) is 11.8 Å². The zero-order valence-corrected chi connectivity index (χ0v) is 16.6. The van der Waals surface area contributed by atoms with Crippen LogP contribution < -0.4 is 0 Å². The Morgan fingerprint density at radius 2 is 1.65 bits per heavy atom. The average molecular weight is 351 g/mol. The lowest BCUT2D eigenvalue weighted by Crippen LogP contribution is -2.15. The van der Waals surface area contributed by atoms with Crippen LogP contribution in [0.1, 0.15) is 76.3 Å². The van der Waals surface area contributed by atoms with Crippen LogP contribution in [0.5, 0.6) is 0 Å². The molecule has 26 heavy (non-hydrogen) atoms. The number of aryl methyl sites for hydroxylation is 2. The van der Waals surface area contributed by atoms with Crippen LogP contribution in [-0.2, 0) is 12.8 Å². The normalized spacial score (nSPS) is 20.2. The molecule has 1 aromatic heterocycles. The molecule has 0 spiro atoms. The van der Waals surface area contributed by atoms with Crippen molar-refractivity contribution in [3.63, 3.8) is 0 Å². The molecule has 2 nitrogen and oxygen atoms in total. The van der Waals surface area contributed by atoms with Gasteiger partial charge in [0.25, 0.3) is 0 Å². The molecule has 0 unspecified atom stereocenters. The number of nitrogens with zero attached hydrogens (tertiary/aromatic N) is 2. The SMILES string of the molecule is CCCCC1CCC(CCc2cncnc2-c2ccccc2CC)CC1. The Hall–Kier alpha value is -1.70. The average Bonchev–Trinajstić information content (AvgIpc) is 2.71. The largest absolute Gasteiger partial charge is 0.244 e. The molecule has 0 N–H and O–H groups in total. The summed E-state index contributed by atoms with van der Waals surface area (Å²) in [5, 5.41) is 0. The first-order valence-corrected chi connectivity index (χ1v) is 10.7. The number of unbranched alkanes of at least 4 members (excludes halogenated alkanes) is 1. The monoisotopic (exact) mass is 350 g/mol. The highest BCUT2D eigenvalue weighted by Crippen LogP contribution is 2.35. The Balaban J connectivity index is 1.61. The summed E-state index contributed by atoms with van der Waals surface area (Å²) in [6, 6.07) is 8.68. The van der Waals surface area contributed by atoms with Gasteiger partial charge >= 0.3 is 0 Å². The molecular weight excluding hydrogens is 316 g/mol. The number of rotatable bonds is 8. The number of benzene rings is 1. The molecule has 0 radical (unpaired) electrons. The number of hydrogen-bond acceptors (Lipinski definition) is 2. The second-order valence-corrected chi connectivity index (χ2v) is 7.97. The molecule has 0 atom stereocenters. The molecule has 1 saturated carbocycles. The van der Waals surface area contributed by atoms with Gasteiger partial charge in [-0.25, -0.2) is 9.97 Å². The first-order valence-electron chi connectivity index (χ1n) is 10.7. The first kappa shape index (κ1) is 19.1. The molecule has 3 rings (SSSR count). The molecular formula is C24H34N2. The zero-order valence-electron chi connectivity index (χ0n) is 16.6. The fourth-order valence-corrected chi connectivity index (χ4v) is 4.50. The van der Waals surface area contributed by atoms with Crippen molar-refractivity contribution in [3.8, 4) is 11.3 Å². The van der Waals surface area contributed by atoms with E-state index in [-0.39, 0.29) is 0 Å². The van der Waals surface area contributed by atoms with Crippen LogP contribution >= 0.6 is 0 Å². The van der Waals surface area contributed by atoms with Crippen LogP contribution in [0.3, 0.4) is 0 Å².